The molecule has 0 unspecified atom stereocenters. The Hall–Kier alpha value is -1.07. The summed E-state index contributed by atoms with van der Waals surface area (Å²) in [7, 11) is 1.58. The van der Waals surface area contributed by atoms with Gasteiger partial charge in [0, 0.05) is 31.6 Å². The number of hydrogen-bond donors (Lipinski definition) is 0. The molecule has 1 fully saturated rings. The monoisotopic (exact) mass is 300 g/mol. The molecule has 1 aliphatic carbocycles. The van der Waals surface area contributed by atoms with Crippen molar-refractivity contribution >= 4 is 17.5 Å². The zero-order valence-corrected chi connectivity index (χ0v) is 12.6. The Kier molecular flexibility index (Phi) is 5.86. The van der Waals surface area contributed by atoms with Gasteiger partial charge in [-0.25, -0.2) is 0 Å². The van der Waals surface area contributed by atoms with E-state index in [2.05, 4.69) is 5.16 Å². The molecule has 1 aliphatic rings. The van der Waals surface area contributed by atoms with E-state index in [9.17, 15) is 4.79 Å². The number of ether oxygens (including phenoxy) is 1. The number of carbonyl (C=O) groups is 1. The second-order valence-corrected chi connectivity index (χ2v) is 5.47. The van der Waals surface area contributed by atoms with Crippen LogP contribution in [0.1, 0.15) is 48.4 Å². The van der Waals surface area contributed by atoms with Crippen LogP contribution >= 0.6 is 11.6 Å². The van der Waals surface area contributed by atoms with Crippen LogP contribution in [0, 0.1) is 0 Å². The summed E-state index contributed by atoms with van der Waals surface area (Å²) in [6.07, 6.45) is 5.69. The molecule has 0 aliphatic heterocycles. The van der Waals surface area contributed by atoms with Crippen molar-refractivity contribution in [3.63, 3.8) is 0 Å². The maximum absolute atomic E-state index is 12.6. The minimum Gasteiger partial charge on any atom is -0.377 e. The first-order chi connectivity index (χ1) is 9.76. The van der Waals surface area contributed by atoms with Crippen LogP contribution in [0.2, 0.25) is 0 Å². The Labute approximate surface area is 124 Å². The Morgan fingerprint density at radius 3 is 2.90 bits per heavy atom. The number of hydrogen-bond acceptors (Lipinski definition) is 4. The van der Waals surface area contributed by atoms with Gasteiger partial charge in [0.25, 0.3) is 5.91 Å². The Bertz CT molecular complexity index is 430. The SMILES string of the molecule is COCc1cc(C(=O)N(CCCl)C2CCCCC2)no1. The summed E-state index contributed by atoms with van der Waals surface area (Å²) in [5, 5.41) is 3.84. The van der Waals surface area contributed by atoms with Gasteiger partial charge in [0.1, 0.15) is 6.61 Å². The van der Waals surface area contributed by atoms with Crippen LogP contribution in [0.4, 0.5) is 0 Å². The van der Waals surface area contributed by atoms with Gasteiger partial charge >= 0.3 is 0 Å². The van der Waals surface area contributed by atoms with Crippen LogP contribution in [-0.4, -0.2) is 41.5 Å². The van der Waals surface area contributed by atoms with Gasteiger partial charge in [-0.2, -0.15) is 0 Å². The normalized spacial score (nSPS) is 16.3. The molecule has 0 spiro atoms. The Balaban J connectivity index is 2.08. The first-order valence-corrected chi connectivity index (χ1v) is 7.61. The predicted octanol–water partition coefficient (Wildman–Crippen LogP) is 2.83. The standard InChI is InChI=1S/C14H21ClN2O3/c1-19-10-12-9-13(16-20-12)14(18)17(8-7-15)11-5-3-2-4-6-11/h9,11H,2-8,10H2,1H3. The van der Waals surface area contributed by atoms with E-state index in [4.69, 9.17) is 20.9 Å². The molecule has 112 valence electrons. The first-order valence-electron chi connectivity index (χ1n) is 7.07. The van der Waals surface area contributed by atoms with Crippen molar-refractivity contribution in [2.45, 2.75) is 44.8 Å². The van der Waals surface area contributed by atoms with Crippen molar-refractivity contribution in [3.05, 3.63) is 17.5 Å². The van der Waals surface area contributed by atoms with Crippen molar-refractivity contribution in [2.75, 3.05) is 19.5 Å². The van der Waals surface area contributed by atoms with E-state index in [1.54, 1.807) is 13.2 Å². The molecule has 0 saturated heterocycles. The highest BCUT2D eigenvalue weighted by Gasteiger charge is 2.27. The predicted molar refractivity (Wildman–Crippen MR) is 75.8 cm³/mol. The van der Waals surface area contributed by atoms with Crippen molar-refractivity contribution < 1.29 is 14.1 Å². The molecule has 6 heteroatoms. The van der Waals surface area contributed by atoms with E-state index in [1.165, 1.54) is 19.3 Å². The van der Waals surface area contributed by atoms with E-state index in [0.29, 0.717) is 30.5 Å². The summed E-state index contributed by atoms with van der Waals surface area (Å²) in [6, 6.07) is 1.92. The van der Waals surface area contributed by atoms with E-state index in [0.717, 1.165) is 12.8 Å². The third kappa shape index (κ3) is 3.73. The van der Waals surface area contributed by atoms with Gasteiger partial charge in [0.05, 0.1) is 0 Å². The van der Waals surface area contributed by atoms with Gasteiger partial charge in [0.2, 0.25) is 0 Å². The number of rotatable bonds is 6. The average molecular weight is 301 g/mol. The van der Waals surface area contributed by atoms with E-state index >= 15 is 0 Å². The van der Waals surface area contributed by atoms with Gasteiger partial charge in [-0.1, -0.05) is 24.4 Å². The lowest BCUT2D eigenvalue weighted by molar-refractivity contribution is 0.0638. The van der Waals surface area contributed by atoms with Crippen LogP contribution in [0.5, 0.6) is 0 Å². The Morgan fingerprint density at radius 2 is 2.25 bits per heavy atom. The van der Waals surface area contributed by atoms with Gasteiger partial charge < -0.3 is 14.2 Å². The second-order valence-electron chi connectivity index (χ2n) is 5.09. The summed E-state index contributed by atoms with van der Waals surface area (Å²) in [6.45, 7) is 0.872. The van der Waals surface area contributed by atoms with Crippen molar-refractivity contribution in [3.8, 4) is 0 Å². The summed E-state index contributed by atoms with van der Waals surface area (Å²) >= 11 is 5.84. The van der Waals surface area contributed by atoms with Gasteiger partial charge in [-0.15, -0.1) is 11.6 Å². The maximum Gasteiger partial charge on any atom is 0.276 e. The van der Waals surface area contributed by atoms with Gasteiger partial charge in [-0.3, -0.25) is 4.79 Å². The molecule has 1 aromatic heterocycles. The van der Waals surface area contributed by atoms with Crippen LogP contribution < -0.4 is 0 Å². The molecule has 1 amide bonds. The fraction of sp³-hybridized carbons (Fsp3) is 0.714. The number of carbonyl (C=O) groups excluding carboxylic acids is 1. The fourth-order valence-corrected chi connectivity index (χ4v) is 2.89. The second kappa shape index (κ2) is 7.64. The maximum atomic E-state index is 12.6. The molecule has 1 saturated carbocycles. The number of amides is 1. The molecule has 0 aromatic carbocycles. The molecule has 0 bridgehead atoms. The van der Waals surface area contributed by atoms with E-state index < -0.39 is 0 Å². The summed E-state index contributed by atoms with van der Waals surface area (Å²) in [4.78, 5) is 14.4. The third-order valence-electron chi connectivity index (χ3n) is 3.67. The summed E-state index contributed by atoms with van der Waals surface area (Å²) in [5.74, 6) is 0.902. The molecular weight excluding hydrogens is 280 g/mol. The number of alkyl halides is 1. The number of methoxy groups -OCH3 is 1. The summed E-state index contributed by atoms with van der Waals surface area (Å²) < 4.78 is 10.1. The molecule has 2 rings (SSSR count). The summed E-state index contributed by atoms with van der Waals surface area (Å²) in [5.41, 5.74) is 0.341. The van der Waals surface area contributed by atoms with Crippen molar-refractivity contribution in [1.82, 2.24) is 10.1 Å². The molecule has 1 heterocycles. The lowest BCUT2D eigenvalue weighted by Gasteiger charge is -2.33. The van der Waals surface area contributed by atoms with E-state index in [-0.39, 0.29) is 11.9 Å². The highest BCUT2D eigenvalue weighted by Crippen LogP contribution is 2.24. The van der Waals surface area contributed by atoms with Gasteiger partial charge in [-0.05, 0) is 12.8 Å². The number of nitrogens with zero attached hydrogens (tertiary/aromatic N) is 2. The topological polar surface area (TPSA) is 55.6 Å². The lowest BCUT2D eigenvalue weighted by Crippen LogP contribution is -2.42. The highest BCUT2D eigenvalue weighted by molar-refractivity contribution is 6.18. The minimum atomic E-state index is -0.0938. The molecule has 0 radical (unpaired) electrons. The molecular formula is C14H21ClN2O3. The van der Waals surface area contributed by atoms with Crippen LogP contribution in [0.15, 0.2) is 10.6 Å². The van der Waals surface area contributed by atoms with Crippen molar-refractivity contribution in [2.24, 2.45) is 0 Å². The highest BCUT2D eigenvalue weighted by atomic mass is 35.5. The molecule has 1 aromatic rings. The third-order valence-corrected chi connectivity index (χ3v) is 3.84. The van der Waals surface area contributed by atoms with Gasteiger partial charge in [0.15, 0.2) is 11.5 Å². The van der Waals surface area contributed by atoms with Crippen LogP contribution in [0.3, 0.4) is 0 Å². The number of halogens is 1. The number of aromatic nitrogens is 1. The van der Waals surface area contributed by atoms with Crippen LogP contribution in [0.25, 0.3) is 0 Å². The zero-order chi connectivity index (χ0) is 14.4. The first kappa shape index (κ1) is 15.3. The largest absolute Gasteiger partial charge is 0.377 e. The van der Waals surface area contributed by atoms with E-state index in [1.807, 2.05) is 4.90 Å². The molecule has 0 atom stereocenters. The fourth-order valence-electron chi connectivity index (χ4n) is 2.70. The molecule has 5 nitrogen and oxygen atoms in total. The quantitative estimate of drug-likeness (QED) is 0.758. The average Bonchev–Trinajstić information content (AvgIpc) is 2.94. The van der Waals surface area contributed by atoms with Crippen molar-refractivity contribution in [1.29, 1.82) is 0 Å². The lowest BCUT2D eigenvalue weighted by atomic mass is 9.94. The minimum absolute atomic E-state index is 0.0938. The molecule has 20 heavy (non-hydrogen) atoms. The zero-order valence-electron chi connectivity index (χ0n) is 11.8. The molecule has 0 N–H and O–H groups in total. The smallest absolute Gasteiger partial charge is 0.276 e. The Morgan fingerprint density at radius 1 is 1.50 bits per heavy atom. The van der Waals surface area contributed by atoms with Crippen LogP contribution in [-0.2, 0) is 11.3 Å².